The molecule has 0 aliphatic heterocycles. The number of carbonyl (C=O) groups excluding carboxylic acids is 1. The van der Waals surface area contributed by atoms with Crippen molar-refractivity contribution in [3.63, 3.8) is 0 Å². The zero-order valence-corrected chi connectivity index (χ0v) is 16.0. The summed E-state index contributed by atoms with van der Waals surface area (Å²) in [5.41, 5.74) is 2.14. The molecule has 0 atom stereocenters. The van der Waals surface area contributed by atoms with Gasteiger partial charge in [-0.15, -0.1) is 10.2 Å². The minimum absolute atomic E-state index is 0.0169. The Bertz CT molecular complexity index is 995. The summed E-state index contributed by atoms with van der Waals surface area (Å²) in [4.78, 5) is 12.0. The molecule has 0 aliphatic rings. The highest BCUT2D eigenvalue weighted by Crippen LogP contribution is 2.39. The monoisotopic (exact) mass is 415 g/mol. The zero-order chi connectivity index (χ0) is 18.7. The van der Waals surface area contributed by atoms with E-state index in [0.29, 0.717) is 12.3 Å². The minimum atomic E-state index is -0.529. The van der Waals surface area contributed by atoms with Crippen LogP contribution in [0, 0.1) is 6.92 Å². The molecule has 0 unspecified atom stereocenters. The maximum absolute atomic E-state index is 12.0. The summed E-state index contributed by atoms with van der Waals surface area (Å²) < 4.78 is 7.98. The van der Waals surface area contributed by atoms with Crippen LogP contribution >= 0.6 is 15.9 Å². The number of carbonyl (C=O) groups is 1. The van der Waals surface area contributed by atoms with Crippen LogP contribution in [0.3, 0.4) is 0 Å². The van der Waals surface area contributed by atoms with Crippen LogP contribution in [0.5, 0.6) is 11.6 Å². The first kappa shape index (κ1) is 18.1. The zero-order valence-electron chi connectivity index (χ0n) is 14.4. The molecule has 0 spiro atoms. The fraction of sp³-hybridized carbons (Fsp3) is 0.211. The van der Waals surface area contributed by atoms with Gasteiger partial charge >= 0.3 is 5.91 Å². The molecule has 2 aromatic carbocycles. The molecule has 3 rings (SSSR count). The summed E-state index contributed by atoms with van der Waals surface area (Å²) in [6, 6.07) is 13.0. The first-order valence-corrected chi connectivity index (χ1v) is 8.93. The molecule has 134 valence electrons. The van der Waals surface area contributed by atoms with Gasteiger partial charge in [0.2, 0.25) is 5.88 Å². The quantitative estimate of drug-likeness (QED) is 0.586. The van der Waals surface area contributed by atoms with Crippen LogP contribution in [0.25, 0.3) is 10.9 Å². The topological polar surface area (TPSA) is 76.2 Å². The summed E-state index contributed by atoms with van der Waals surface area (Å²) in [6.45, 7) is 4.22. The number of rotatable bonds is 5. The maximum Gasteiger partial charge on any atom is 0.302 e. The Hall–Kier alpha value is -2.67. The Balaban J connectivity index is 1.80. The predicted octanol–water partition coefficient (Wildman–Crippen LogP) is 5.13. The molecular weight excluding hydrogens is 398 g/mol. The third-order valence-corrected chi connectivity index (χ3v) is 4.39. The van der Waals surface area contributed by atoms with Gasteiger partial charge in [-0.3, -0.25) is 4.79 Å². The molecule has 1 amide bonds. The van der Waals surface area contributed by atoms with Crippen LogP contribution in [0.15, 0.2) is 57.2 Å². The lowest BCUT2D eigenvalue weighted by molar-refractivity contribution is -0.120. The molecule has 0 bridgehead atoms. The van der Waals surface area contributed by atoms with E-state index in [9.17, 15) is 9.90 Å². The fourth-order valence-corrected chi connectivity index (χ4v) is 3.06. The number of azo groups is 1. The molecule has 0 radical (unpaired) electrons. The van der Waals surface area contributed by atoms with Gasteiger partial charge in [0.1, 0.15) is 5.75 Å². The standard InChI is InChI=1S/C19H18BrN3O3/c1-3-23-16-8-7-13(20)10-15(16)18(19(23)25)22-21-17(24)11-26-14-6-4-5-12(2)9-14/h4-10,25H,3,11H2,1-2H3. The number of halogens is 1. The van der Waals surface area contributed by atoms with Gasteiger partial charge in [-0.1, -0.05) is 28.1 Å². The lowest BCUT2D eigenvalue weighted by atomic mass is 10.2. The SMILES string of the molecule is CCn1c(O)c(N=NC(=O)COc2cccc(C)c2)c2cc(Br)ccc21. The lowest BCUT2D eigenvalue weighted by Crippen LogP contribution is -2.07. The van der Waals surface area contributed by atoms with Crippen LogP contribution in [0.2, 0.25) is 0 Å². The van der Waals surface area contributed by atoms with Gasteiger partial charge in [-0.2, -0.15) is 0 Å². The second-order valence-corrected chi connectivity index (χ2v) is 6.69. The summed E-state index contributed by atoms with van der Waals surface area (Å²) in [7, 11) is 0. The van der Waals surface area contributed by atoms with Crippen LogP contribution in [-0.2, 0) is 11.3 Å². The molecular formula is C19H18BrN3O3. The number of fused-ring (bicyclic) bond motifs is 1. The molecule has 0 aliphatic carbocycles. The smallest absolute Gasteiger partial charge is 0.302 e. The number of hydrogen-bond donors (Lipinski definition) is 1. The first-order chi connectivity index (χ1) is 12.5. The Kier molecular flexibility index (Phi) is 5.37. The lowest BCUT2D eigenvalue weighted by Gasteiger charge is -2.03. The first-order valence-electron chi connectivity index (χ1n) is 8.14. The molecule has 1 N–H and O–H groups in total. The number of amides is 1. The van der Waals surface area contributed by atoms with Gasteiger partial charge in [0.05, 0.1) is 5.52 Å². The molecule has 0 saturated heterocycles. The second-order valence-electron chi connectivity index (χ2n) is 5.78. The van der Waals surface area contributed by atoms with Crippen molar-refractivity contribution < 1.29 is 14.6 Å². The van der Waals surface area contributed by atoms with Crippen molar-refractivity contribution in [2.24, 2.45) is 10.2 Å². The van der Waals surface area contributed by atoms with Crippen LogP contribution in [0.1, 0.15) is 12.5 Å². The summed E-state index contributed by atoms with van der Waals surface area (Å²) in [5, 5.41) is 18.8. The van der Waals surface area contributed by atoms with E-state index in [1.54, 1.807) is 10.6 Å². The van der Waals surface area contributed by atoms with Crippen molar-refractivity contribution in [2.45, 2.75) is 20.4 Å². The number of benzene rings is 2. The molecule has 6 nitrogen and oxygen atoms in total. The van der Waals surface area contributed by atoms with Gasteiger partial charge in [-0.25, -0.2) is 0 Å². The molecule has 3 aromatic rings. The fourth-order valence-electron chi connectivity index (χ4n) is 2.70. The molecule has 0 fully saturated rings. The number of hydrogen-bond acceptors (Lipinski definition) is 4. The average molecular weight is 416 g/mol. The van der Waals surface area contributed by atoms with Crippen molar-refractivity contribution in [3.8, 4) is 11.6 Å². The second kappa shape index (κ2) is 7.70. The minimum Gasteiger partial charge on any atom is -0.493 e. The van der Waals surface area contributed by atoms with Gasteiger partial charge in [0.25, 0.3) is 0 Å². The summed E-state index contributed by atoms with van der Waals surface area (Å²) in [6.07, 6.45) is 0. The third-order valence-electron chi connectivity index (χ3n) is 3.90. The predicted molar refractivity (Wildman–Crippen MR) is 103 cm³/mol. The summed E-state index contributed by atoms with van der Waals surface area (Å²) in [5.74, 6) is 0.0537. The molecule has 0 saturated carbocycles. The van der Waals surface area contributed by atoms with E-state index in [-0.39, 0.29) is 18.2 Å². The Morgan fingerprint density at radius 3 is 2.81 bits per heavy atom. The average Bonchev–Trinajstić information content (AvgIpc) is 2.88. The number of nitrogens with zero attached hydrogens (tertiary/aromatic N) is 3. The van der Waals surface area contributed by atoms with Crippen LogP contribution in [0.4, 0.5) is 5.69 Å². The van der Waals surface area contributed by atoms with E-state index in [1.807, 2.05) is 50.2 Å². The Morgan fingerprint density at radius 2 is 2.08 bits per heavy atom. The number of aromatic nitrogens is 1. The van der Waals surface area contributed by atoms with E-state index in [2.05, 4.69) is 26.2 Å². The highest BCUT2D eigenvalue weighted by Gasteiger charge is 2.16. The van der Waals surface area contributed by atoms with Crippen molar-refractivity contribution in [2.75, 3.05) is 6.61 Å². The largest absolute Gasteiger partial charge is 0.493 e. The van der Waals surface area contributed by atoms with Crippen molar-refractivity contribution in [3.05, 3.63) is 52.5 Å². The molecule has 1 heterocycles. The normalized spacial score (nSPS) is 11.3. The number of aromatic hydroxyl groups is 1. The number of ether oxygens (including phenoxy) is 1. The van der Waals surface area contributed by atoms with Crippen molar-refractivity contribution in [1.82, 2.24) is 4.57 Å². The van der Waals surface area contributed by atoms with Gasteiger partial charge in [0, 0.05) is 16.4 Å². The van der Waals surface area contributed by atoms with Gasteiger partial charge in [-0.05, 0) is 49.7 Å². The van der Waals surface area contributed by atoms with E-state index in [0.717, 1.165) is 20.9 Å². The van der Waals surface area contributed by atoms with Gasteiger partial charge in [0.15, 0.2) is 12.3 Å². The third kappa shape index (κ3) is 3.77. The van der Waals surface area contributed by atoms with E-state index < -0.39 is 5.91 Å². The van der Waals surface area contributed by atoms with Crippen molar-refractivity contribution >= 4 is 38.4 Å². The number of aryl methyl sites for hydroxylation is 2. The van der Waals surface area contributed by atoms with E-state index in [1.165, 1.54) is 0 Å². The summed E-state index contributed by atoms with van der Waals surface area (Å²) >= 11 is 3.41. The Labute approximate surface area is 159 Å². The van der Waals surface area contributed by atoms with Crippen molar-refractivity contribution in [1.29, 1.82) is 0 Å². The highest BCUT2D eigenvalue weighted by molar-refractivity contribution is 9.10. The Morgan fingerprint density at radius 1 is 1.27 bits per heavy atom. The van der Waals surface area contributed by atoms with Crippen LogP contribution in [-0.4, -0.2) is 22.2 Å². The highest BCUT2D eigenvalue weighted by atomic mass is 79.9. The molecule has 1 aromatic heterocycles. The molecule has 7 heteroatoms. The van der Waals surface area contributed by atoms with E-state index >= 15 is 0 Å². The van der Waals surface area contributed by atoms with E-state index in [4.69, 9.17) is 4.74 Å². The van der Waals surface area contributed by atoms with Crippen LogP contribution < -0.4 is 4.74 Å². The molecule has 26 heavy (non-hydrogen) atoms. The van der Waals surface area contributed by atoms with Gasteiger partial charge < -0.3 is 14.4 Å². The maximum atomic E-state index is 12.0.